The molecular weight excluding hydrogens is 332 g/mol. The van der Waals surface area contributed by atoms with Gasteiger partial charge in [0.05, 0.1) is 19.3 Å². The summed E-state index contributed by atoms with van der Waals surface area (Å²) in [6.07, 6.45) is 1.98. The number of carbonyl (C=O) groups excluding carboxylic acids is 2. The fourth-order valence-electron chi connectivity index (χ4n) is 3.11. The van der Waals surface area contributed by atoms with Gasteiger partial charge in [-0.3, -0.25) is 14.5 Å². The van der Waals surface area contributed by atoms with Crippen molar-refractivity contribution in [1.29, 1.82) is 0 Å². The quantitative estimate of drug-likeness (QED) is 0.788. The highest BCUT2D eigenvalue weighted by molar-refractivity contribution is 6.39. The summed E-state index contributed by atoms with van der Waals surface area (Å²) >= 11 is 0. The highest BCUT2D eigenvalue weighted by Gasteiger charge is 2.26. The molecule has 1 aromatic heterocycles. The van der Waals surface area contributed by atoms with Gasteiger partial charge in [-0.2, -0.15) is 0 Å². The van der Waals surface area contributed by atoms with E-state index in [1.54, 1.807) is 24.3 Å². The summed E-state index contributed by atoms with van der Waals surface area (Å²) in [4.78, 5) is 26.6. The van der Waals surface area contributed by atoms with Gasteiger partial charge in [0.2, 0.25) is 0 Å². The standard InChI is InChI=1S/C19H24N4O3/c1-22-9-5-8-16(22)17(23-10-12-26-13-11-23)14-20-18(24)19(25)21-15-6-3-2-4-7-15/h2-9,17H,10-14H2,1H3,(H,20,24)(H,21,25). The maximum atomic E-state index is 12.2. The third-order valence-corrected chi connectivity index (χ3v) is 4.51. The number of aryl methyl sites for hydroxylation is 1. The molecule has 0 saturated carbocycles. The second-order valence-corrected chi connectivity index (χ2v) is 6.24. The fraction of sp³-hybridized carbons (Fsp3) is 0.368. The Kier molecular flexibility index (Phi) is 6.04. The number of morpholine rings is 1. The third-order valence-electron chi connectivity index (χ3n) is 4.51. The molecule has 1 atom stereocenters. The predicted octanol–water partition coefficient (Wildman–Crippen LogP) is 1.15. The number of nitrogens with zero attached hydrogens (tertiary/aromatic N) is 2. The molecule has 2 heterocycles. The van der Waals surface area contributed by atoms with Gasteiger partial charge >= 0.3 is 11.8 Å². The molecule has 1 aliphatic heterocycles. The zero-order chi connectivity index (χ0) is 18.4. The Balaban J connectivity index is 1.62. The van der Waals surface area contributed by atoms with Crippen LogP contribution in [0.4, 0.5) is 5.69 Å². The minimum atomic E-state index is -0.663. The lowest BCUT2D eigenvalue weighted by atomic mass is 10.1. The highest BCUT2D eigenvalue weighted by Crippen LogP contribution is 2.21. The Bertz CT molecular complexity index is 738. The maximum Gasteiger partial charge on any atom is 0.313 e. The molecule has 1 aliphatic rings. The smallest absolute Gasteiger partial charge is 0.313 e. The van der Waals surface area contributed by atoms with E-state index in [4.69, 9.17) is 4.74 Å². The molecule has 1 aromatic carbocycles. The number of nitrogens with one attached hydrogen (secondary N) is 2. The minimum Gasteiger partial charge on any atom is -0.379 e. The van der Waals surface area contributed by atoms with Gasteiger partial charge in [-0.05, 0) is 24.3 Å². The number of aromatic nitrogens is 1. The molecule has 2 aromatic rings. The van der Waals surface area contributed by atoms with Crippen LogP contribution in [0.25, 0.3) is 0 Å². The van der Waals surface area contributed by atoms with Crippen LogP contribution in [-0.2, 0) is 21.4 Å². The summed E-state index contributed by atoms with van der Waals surface area (Å²) in [7, 11) is 1.98. The molecule has 0 aliphatic carbocycles. The van der Waals surface area contributed by atoms with Crippen molar-refractivity contribution in [2.24, 2.45) is 7.05 Å². The van der Waals surface area contributed by atoms with E-state index >= 15 is 0 Å². The maximum absolute atomic E-state index is 12.2. The number of benzene rings is 1. The van der Waals surface area contributed by atoms with E-state index in [2.05, 4.69) is 15.5 Å². The van der Waals surface area contributed by atoms with Crippen molar-refractivity contribution in [2.75, 3.05) is 38.2 Å². The van der Waals surface area contributed by atoms with Crippen LogP contribution in [0.5, 0.6) is 0 Å². The summed E-state index contributed by atoms with van der Waals surface area (Å²) in [5.74, 6) is -1.30. The molecule has 3 rings (SSSR count). The molecule has 7 heteroatoms. The molecular formula is C19H24N4O3. The van der Waals surface area contributed by atoms with Crippen molar-refractivity contribution in [3.8, 4) is 0 Å². The van der Waals surface area contributed by atoms with Crippen molar-refractivity contribution in [2.45, 2.75) is 6.04 Å². The lowest BCUT2D eigenvalue weighted by molar-refractivity contribution is -0.136. The van der Waals surface area contributed by atoms with Crippen LogP contribution in [0.1, 0.15) is 11.7 Å². The fourth-order valence-corrected chi connectivity index (χ4v) is 3.11. The first-order valence-electron chi connectivity index (χ1n) is 8.72. The molecule has 1 unspecified atom stereocenters. The molecule has 1 fully saturated rings. The first kappa shape index (κ1) is 18.2. The van der Waals surface area contributed by atoms with Crippen LogP contribution in [0, 0.1) is 0 Å². The SMILES string of the molecule is Cn1cccc1C(CNC(=O)C(=O)Nc1ccccc1)N1CCOCC1. The second-order valence-electron chi connectivity index (χ2n) is 6.24. The Labute approximate surface area is 152 Å². The number of amides is 2. The lowest BCUT2D eigenvalue weighted by Crippen LogP contribution is -2.46. The lowest BCUT2D eigenvalue weighted by Gasteiger charge is -2.34. The van der Waals surface area contributed by atoms with Crippen LogP contribution in [-0.4, -0.2) is 54.1 Å². The topological polar surface area (TPSA) is 75.6 Å². The van der Waals surface area contributed by atoms with E-state index in [0.29, 0.717) is 25.4 Å². The van der Waals surface area contributed by atoms with Crippen molar-refractivity contribution in [3.63, 3.8) is 0 Å². The molecule has 2 N–H and O–H groups in total. The Morgan fingerprint density at radius 3 is 2.46 bits per heavy atom. The zero-order valence-corrected chi connectivity index (χ0v) is 14.9. The van der Waals surface area contributed by atoms with Gasteiger partial charge in [-0.1, -0.05) is 18.2 Å². The molecule has 0 radical (unpaired) electrons. The number of anilines is 1. The van der Waals surface area contributed by atoms with Gasteiger partial charge in [0.25, 0.3) is 0 Å². The van der Waals surface area contributed by atoms with Gasteiger partial charge < -0.3 is 19.9 Å². The second kappa shape index (κ2) is 8.64. The Morgan fingerprint density at radius 1 is 1.08 bits per heavy atom. The van der Waals surface area contributed by atoms with E-state index in [1.165, 1.54) is 0 Å². The van der Waals surface area contributed by atoms with Crippen molar-refractivity contribution in [3.05, 3.63) is 54.4 Å². The Hall–Kier alpha value is -2.64. The van der Waals surface area contributed by atoms with Gasteiger partial charge in [-0.25, -0.2) is 0 Å². The van der Waals surface area contributed by atoms with Crippen LogP contribution in [0.15, 0.2) is 48.7 Å². The molecule has 0 spiro atoms. The van der Waals surface area contributed by atoms with Crippen molar-refractivity contribution >= 4 is 17.5 Å². The number of hydrogen-bond donors (Lipinski definition) is 2. The molecule has 1 saturated heterocycles. The van der Waals surface area contributed by atoms with Crippen LogP contribution < -0.4 is 10.6 Å². The molecule has 26 heavy (non-hydrogen) atoms. The average Bonchev–Trinajstić information content (AvgIpc) is 3.09. The monoisotopic (exact) mass is 356 g/mol. The van der Waals surface area contributed by atoms with Crippen molar-refractivity contribution < 1.29 is 14.3 Å². The van der Waals surface area contributed by atoms with E-state index < -0.39 is 11.8 Å². The van der Waals surface area contributed by atoms with Crippen LogP contribution in [0.3, 0.4) is 0 Å². The molecule has 2 amide bonds. The van der Waals surface area contributed by atoms with Gasteiger partial charge in [0, 0.05) is 44.3 Å². The molecule has 7 nitrogen and oxygen atoms in total. The largest absolute Gasteiger partial charge is 0.379 e. The first-order valence-corrected chi connectivity index (χ1v) is 8.72. The third kappa shape index (κ3) is 4.50. The van der Waals surface area contributed by atoms with E-state index in [1.807, 2.05) is 36.0 Å². The summed E-state index contributed by atoms with van der Waals surface area (Å²) < 4.78 is 7.47. The van der Waals surface area contributed by atoms with Crippen LogP contribution in [0.2, 0.25) is 0 Å². The van der Waals surface area contributed by atoms with E-state index in [-0.39, 0.29) is 6.04 Å². The van der Waals surface area contributed by atoms with Crippen molar-refractivity contribution in [1.82, 2.24) is 14.8 Å². The van der Waals surface area contributed by atoms with Gasteiger partial charge in [0.15, 0.2) is 0 Å². The predicted molar refractivity (Wildman–Crippen MR) is 98.6 cm³/mol. The average molecular weight is 356 g/mol. The summed E-state index contributed by atoms with van der Waals surface area (Å²) in [6.45, 7) is 3.29. The van der Waals surface area contributed by atoms with Crippen LogP contribution >= 0.6 is 0 Å². The number of ether oxygens (including phenoxy) is 1. The summed E-state index contributed by atoms with van der Waals surface area (Å²) in [5.41, 5.74) is 1.69. The first-order chi connectivity index (χ1) is 12.6. The van der Waals surface area contributed by atoms with E-state index in [0.717, 1.165) is 18.8 Å². The minimum absolute atomic E-state index is 0.00706. The van der Waals surface area contributed by atoms with Gasteiger partial charge in [0.1, 0.15) is 0 Å². The van der Waals surface area contributed by atoms with E-state index in [9.17, 15) is 9.59 Å². The zero-order valence-electron chi connectivity index (χ0n) is 14.9. The molecule has 0 bridgehead atoms. The van der Waals surface area contributed by atoms with Gasteiger partial charge in [-0.15, -0.1) is 0 Å². The number of para-hydroxylation sites is 1. The normalized spacial score (nSPS) is 16.0. The number of rotatable bonds is 5. The number of carbonyl (C=O) groups is 2. The summed E-state index contributed by atoms with van der Waals surface area (Å²) in [5, 5.41) is 5.37. The number of hydrogen-bond acceptors (Lipinski definition) is 4. The summed E-state index contributed by atoms with van der Waals surface area (Å²) in [6, 6.07) is 12.9. The molecule has 138 valence electrons. The Morgan fingerprint density at radius 2 is 1.81 bits per heavy atom. The highest BCUT2D eigenvalue weighted by atomic mass is 16.5.